The molecule has 5 heteroatoms. The van der Waals surface area contributed by atoms with Gasteiger partial charge in [0.1, 0.15) is 0 Å². The van der Waals surface area contributed by atoms with Crippen molar-refractivity contribution in [1.82, 2.24) is 4.90 Å². The lowest BCUT2D eigenvalue weighted by atomic mass is 9.96. The third kappa shape index (κ3) is 5.19. The van der Waals surface area contributed by atoms with Gasteiger partial charge < -0.3 is 16.0 Å². The van der Waals surface area contributed by atoms with Gasteiger partial charge >= 0.3 is 0 Å². The molecule has 0 radical (unpaired) electrons. The molecule has 1 atom stereocenters. The minimum atomic E-state index is -0.867. The van der Waals surface area contributed by atoms with Crippen molar-refractivity contribution in [3.63, 3.8) is 0 Å². The van der Waals surface area contributed by atoms with Crippen molar-refractivity contribution in [2.75, 3.05) is 19.4 Å². The number of hydrogen-bond donors (Lipinski definition) is 2. The van der Waals surface area contributed by atoms with Crippen LogP contribution in [-0.2, 0) is 16.0 Å². The Morgan fingerprint density at radius 2 is 1.81 bits per heavy atom. The molecule has 1 rings (SSSR count). The summed E-state index contributed by atoms with van der Waals surface area (Å²) < 4.78 is 0. The molecule has 1 unspecified atom stereocenters. The molecule has 1 aromatic rings. The molecule has 0 saturated carbocycles. The number of carbonyl (C=O) groups is 2. The predicted octanol–water partition coefficient (Wildman–Crippen LogP) is 1.77. The summed E-state index contributed by atoms with van der Waals surface area (Å²) in [5.74, 6) is -0.147. The first kappa shape index (κ1) is 17.2. The minimum absolute atomic E-state index is 0.0456. The Morgan fingerprint density at radius 1 is 1.24 bits per heavy atom. The second kappa shape index (κ2) is 7.22. The lowest BCUT2D eigenvalue weighted by Gasteiger charge is -2.22. The van der Waals surface area contributed by atoms with Gasteiger partial charge in [-0.2, -0.15) is 0 Å². The molecule has 0 fully saturated rings. The van der Waals surface area contributed by atoms with E-state index >= 15 is 0 Å². The summed E-state index contributed by atoms with van der Waals surface area (Å²) in [5.41, 5.74) is 6.72. The number of benzene rings is 1. The molecule has 0 aliphatic heterocycles. The highest BCUT2D eigenvalue weighted by atomic mass is 16.2. The normalized spacial score (nSPS) is 13.4. The van der Waals surface area contributed by atoms with Crippen molar-refractivity contribution in [1.29, 1.82) is 0 Å². The molecule has 0 aliphatic rings. The number of nitrogens with one attached hydrogen (secondary N) is 1. The van der Waals surface area contributed by atoms with Gasteiger partial charge in [0, 0.05) is 19.8 Å². The zero-order chi connectivity index (χ0) is 16.0. The number of amides is 2. The fourth-order valence-electron chi connectivity index (χ4n) is 1.95. The fraction of sp³-hybridized carbons (Fsp3) is 0.500. The molecule has 0 spiro atoms. The van der Waals surface area contributed by atoms with E-state index in [-0.39, 0.29) is 11.8 Å². The summed E-state index contributed by atoms with van der Waals surface area (Å²) in [5, 5.41) is 2.81. The number of nitrogens with two attached hydrogens (primary N) is 1. The molecule has 0 aliphatic carbocycles. The van der Waals surface area contributed by atoms with Gasteiger partial charge in [-0.1, -0.05) is 25.5 Å². The average Bonchev–Trinajstić information content (AvgIpc) is 2.40. The molecule has 21 heavy (non-hydrogen) atoms. The summed E-state index contributed by atoms with van der Waals surface area (Å²) in [4.78, 5) is 25.3. The Kier molecular flexibility index (Phi) is 5.90. The van der Waals surface area contributed by atoms with E-state index in [1.54, 1.807) is 38.1 Å². The molecule has 2 amide bonds. The average molecular weight is 291 g/mol. The quantitative estimate of drug-likeness (QED) is 0.838. The fourth-order valence-corrected chi connectivity index (χ4v) is 1.95. The summed E-state index contributed by atoms with van der Waals surface area (Å²) in [6.07, 6.45) is 1.84. The number of hydrogen-bond acceptors (Lipinski definition) is 3. The Hall–Kier alpha value is -1.88. The van der Waals surface area contributed by atoms with Crippen LogP contribution in [0, 0.1) is 0 Å². The van der Waals surface area contributed by atoms with E-state index in [0.29, 0.717) is 18.5 Å². The molecule has 116 valence electrons. The Balaban J connectivity index is 2.67. The van der Waals surface area contributed by atoms with Crippen molar-refractivity contribution < 1.29 is 9.59 Å². The highest BCUT2D eigenvalue weighted by Gasteiger charge is 2.27. The van der Waals surface area contributed by atoms with E-state index in [4.69, 9.17) is 5.73 Å². The van der Waals surface area contributed by atoms with Crippen LogP contribution < -0.4 is 11.1 Å². The Morgan fingerprint density at radius 3 is 2.29 bits per heavy atom. The zero-order valence-electron chi connectivity index (χ0n) is 13.3. The van der Waals surface area contributed by atoms with Gasteiger partial charge in [0.2, 0.25) is 11.8 Å². The number of carbonyl (C=O) groups excluding carboxylic acids is 2. The topological polar surface area (TPSA) is 75.4 Å². The summed E-state index contributed by atoms with van der Waals surface area (Å²) in [6, 6.07) is 7.26. The summed E-state index contributed by atoms with van der Waals surface area (Å²) in [6.45, 7) is 3.73. The van der Waals surface area contributed by atoms with E-state index in [9.17, 15) is 9.59 Å². The standard InChI is InChI=1S/C16H25N3O2/c1-5-10-16(2,17)15(21)18-13-8-6-12(7-9-13)11-14(20)19(3)4/h6-9H,5,10-11,17H2,1-4H3,(H,18,21). The number of nitrogens with zero attached hydrogens (tertiary/aromatic N) is 1. The summed E-state index contributed by atoms with van der Waals surface area (Å²) in [7, 11) is 3.46. The highest BCUT2D eigenvalue weighted by molar-refractivity contribution is 5.97. The van der Waals surface area contributed by atoms with Crippen LogP contribution in [0.3, 0.4) is 0 Å². The van der Waals surface area contributed by atoms with Crippen LogP contribution in [-0.4, -0.2) is 36.3 Å². The first-order chi connectivity index (χ1) is 9.76. The van der Waals surface area contributed by atoms with E-state index in [1.807, 2.05) is 19.1 Å². The summed E-state index contributed by atoms with van der Waals surface area (Å²) >= 11 is 0. The molecule has 0 bridgehead atoms. The number of rotatable bonds is 6. The maximum absolute atomic E-state index is 12.1. The van der Waals surface area contributed by atoms with Crippen molar-refractivity contribution in [3.8, 4) is 0 Å². The van der Waals surface area contributed by atoms with Gasteiger partial charge in [-0.3, -0.25) is 9.59 Å². The van der Waals surface area contributed by atoms with E-state index < -0.39 is 5.54 Å². The van der Waals surface area contributed by atoms with Gasteiger partial charge in [-0.25, -0.2) is 0 Å². The second-order valence-corrected chi connectivity index (χ2v) is 5.78. The van der Waals surface area contributed by atoms with Crippen LogP contribution in [0.15, 0.2) is 24.3 Å². The van der Waals surface area contributed by atoms with E-state index in [2.05, 4.69) is 5.32 Å². The van der Waals surface area contributed by atoms with Gasteiger partial charge in [0.15, 0.2) is 0 Å². The van der Waals surface area contributed by atoms with Crippen LogP contribution in [0.5, 0.6) is 0 Å². The monoisotopic (exact) mass is 291 g/mol. The minimum Gasteiger partial charge on any atom is -0.349 e. The van der Waals surface area contributed by atoms with Crippen LogP contribution >= 0.6 is 0 Å². The zero-order valence-corrected chi connectivity index (χ0v) is 13.3. The molecular formula is C16H25N3O2. The maximum Gasteiger partial charge on any atom is 0.244 e. The van der Waals surface area contributed by atoms with Crippen LogP contribution in [0.4, 0.5) is 5.69 Å². The number of anilines is 1. The van der Waals surface area contributed by atoms with E-state index in [1.165, 1.54) is 0 Å². The molecule has 1 aromatic carbocycles. The first-order valence-electron chi connectivity index (χ1n) is 7.15. The molecule has 0 aromatic heterocycles. The highest BCUT2D eigenvalue weighted by Crippen LogP contribution is 2.15. The van der Waals surface area contributed by atoms with E-state index in [0.717, 1.165) is 12.0 Å². The third-order valence-electron chi connectivity index (χ3n) is 3.35. The molecule has 3 N–H and O–H groups in total. The van der Waals surface area contributed by atoms with Gasteiger partial charge in [0.25, 0.3) is 0 Å². The third-order valence-corrected chi connectivity index (χ3v) is 3.35. The Bertz CT molecular complexity index is 493. The largest absolute Gasteiger partial charge is 0.349 e. The second-order valence-electron chi connectivity index (χ2n) is 5.78. The van der Waals surface area contributed by atoms with Crippen molar-refractivity contribution in [2.24, 2.45) is 5.73 Å². The van der Waals surface area contributed by atoms with Gasteiger partial charge in [-0.15, -0.1) is 0 Å². The van der Waals surface area contributed by atoms with Crippen molar-refractivity contribution >= 4 is 17.5 Å². The van der Waals surface area contributed by atoms with Gasteiger partial charge in [0.05, 0.1) is 12.0 Å². The SMILES string of the molecule is CCCC(C)(N)C(=O)Nc1ccc(CC(=O)N(C)C)cc1. The molecular weight excluding hydrogens is 266 g/mol. The Labute approximate surface area is 126 Å². The maximum atomic E-state index is 12.1. The lowest BCUT2D eigenvalue weighted by molar-refractivity contribution is -0.128. The van der Waals surface area contributed by atoms with Crippen LogP contribution in [0.2, 0.25) is 0 Å². The molecule has 5 nitrogen and oxygen atoms in total. The van der Waals surface area contributed by atoms with Crippen LogP contribution in [0.1, 0.15) is 32.3 Å². The predicted molar refractivity (Wildman–Crippen MR) is 85.0 cm³/mol. The molecule has 0 heterocycles. The van der Waals surface area contributed by atoms with Gasteiger partial charge in [-0.05, 0) is 31.0 Å². The molecule has 0 saturated heterocycles. The lowest BCUT2D eigenvalue weighted by Crippen LogP contribution is -2.48. The van der Waals surface area contributed by atoms with Crippen molar-refractivity contribution in [3.05, 3.63) is 29.8 Å². The van der Waals surface area contributed by atoms with Crippen LogP contribution in [0.25, 0.3) is 0 Å². The smallest absolute Gasteiger partial charge is 0.244 e. The van der Waals surface area contributed by atoms with Crippen molar-refractivity contribution in [2.45, 2.75) is 38.6 Å². The number of likely N-dealkylation sites (N-methyl/N-ethyl adjacent to an activating group) is 1. The first-order valence-corrected chi connectivity index (χ1v) is 7.15.